The summed E-state index contributed by atoms with van der Waals surface area (Å²) in [6.45, 7) is 4.42. The predicted molar refractivity (Wildman–Crippen MR) is 77.0 cm³/mol. The van der Waals surface area contributed by atoms with E-state index in [-0.39, 0.29) is 12.4 Å². The third kappa shape index (κ3) is 4.13. The zero-order chi connectivity index (χ0) is 12.3. The van der Waals surface area contributed by atoms with Crippen molar-refractivity contribution in [3.8, 4) is 0 Å². The van der Waals surface area contributed by atoms with Crippen molar-refractivity contribution >= 4 is 18.3 Å². The smallest absolute Gasteiger partial charge is 0.222 e. The number of nitrogens with zero attached hydrogens (tertiary/aromatic N) is 1. The van der Waals surface area contributed by atoms with E-state index in [4.69, 9.17) is 0 Å². The van der Waals surface area contributed by atoms with E-state index < -0.39 is 0 Å². The van der Waals surface area contributed by atoms with Crippen LogP contribution in [-0.4, -0.2) is 37.0 Å². The molecule has 0 aromatic heterocycles. The molecule has 2 aliphatic rings. The predicted octanol–water partition coefficient (Wildman–Crippen LogP) is 2.44. The number of rotatable bonds is 3. The molecule has 0 aromatic carbocycles. The maximum atomic E-state index is 12.2. The van der Waals surface area contributed by atoms with Gasteiger partial charge in [-0.3, -0.25) is 4.79 Å². The van der Waals surface area contributed by atoms with Gasteiger partial charge in [0.05, 0.1) is 0 Å². The number of hydrogen-bond donors (Lipinski definition) is 1. The molecule has 1 saturated heterocycles. The molecular formula is C14H27ClN2O. The van der Waals surface area contributed by atoms with Gasteiger partial charge in [0, 0.05) is 19.5 Å². The highest BCUT2D eigenvalue weighted by Crippen LogP contribution is 2.33. The molecule has 4 heteroatoms. The summed E-state index contributed by atoms with van der Waals surface area (Å²) < 4.78 is 0. The van der Waals surface area contributed by atoms with Crippen molar-refractivity contribution in [3.63, 3.8) is 0 Å². The lowest BCUT2D eigenvalue weighted by molar-refractivity contribution is -0.133. The standard InChI is InChI=1S/C14H26N2O.ClH/c1-11-3-4-12(9-11)10-14(17)16(2)13-5-7-15-8-6-13;/h11-13,15H,3-10H2,1-2H3;1H. The Morgan fingerprint density at radius 2 is 1.89 bits per heavy atom. The fourth-order valence-electron chi connectivity index (χ4n) is 3.30. The van der Waals surface area contributed by atoms with Crippen LogP contribution in [0.3, 0.4) is 0 Å². The van der Waals surface area contributed by atoms with Crippen LogP contribution in [0.1, 0.15) is 45.4 Å². The third-order valence-electron chi connectivity index (χ3n) is 4.52. The topological polar surface area (TPSA) is 32.3 Å². The largest absolute Gasteiger partial charge is 0.343 e. The molecule has 106 valence electrons. The summed E-state index contributed by atoms with van der Waals surface area (Å²) in [7, 11) is 2.00. The van der Waals surface area contributed by atoms with Crippen LogP contribution in [0.15, 0.2) is 0 Å². The van der Waals surface area contributed by atoms with Gasteiger partial charge in [-0.05, 0) is 50.6 Å². The number of halogens is 1. The lowest BCUT2D eigenvalue weighted by Gasteiger charge is -2.32. The first kappa shape index (κ1) is 15.8. The number of hydrogen-bond acceptors (Lipinski definition) is 2. The molecule has 1 amide bonds. The minimum atomic E-state index is 0. The molecule has 2 unspecified atom stereocenters. The molecule has 1 N–H and O–H groups in total. The average molecular weight is 275 g/mol. The minimum Gasteiger partial charge on any atom is -0.343 e. The molecule has 1 aliphatic carbocycles. The number of nitrogens with one attached hydrogen (secondary N) is 1. The van der Waals surface area contributed by atoms with E-state index in [0.717, 1.165) is 38.3 Å². The lowest BCUT2D eigenvalue weighted by Crippen LogP contribution is -2.44. The van der Waals surface area contributed by atoms with Crippen molar-refractivity contribution in [2.75, 3.05) is 20.1 Å². The van der Waals surface area contributed by atoms with Crippen LogP contribution < -0.4 is 5.32 Å². The van der Waals surface area contributed by atoms with Gasteiger partial charge in [-0.2, -0.15) is 0 Å². The summed E-state index contributed by atoms with van der Waals surface area (Å²) >= 11 is 0. The van der Waals surface area contributed by atoms with Crippen LogP contribution in [0.25, 0.3) is 0 Å². The fraction of sp³-hybridized carbons (Fsp3) is 0.929. The van der Waals surface area contributed by atoms with E-state index in [1.54, 1.807) is 0 Å². The van der Waals surface area contributed by atoms with E-state index in [1.807, 2.05) is 11.9 Å². The Morgan fingerprint density at radius 3 is 2.44 bits per heavy atom. The zero-order valence-corrected chi connectivity index (χ0v) is 12.5. The molecule has 18 heavy (non-hydrogen) atoms. The SMILES string of the molecule is CC1CCC(CC(=O)N(C)C2CCNCC2)C1.Cl. The Kier molecular flexibility index (Phi) is 6.44. The molecule has 2 atom stereocenters. The Bertz CT molecular complexity index is 267. The lowest BCUT2D eigenvalue weighted by atomic mass is 9.99. The van der Waals surface area contributed by atoms with Crippen molar-refractivity contribution in [1.82, 2.24) is 10.2 Å². The van der Waals surface area contributed by atoms with Gasteiger partial charge in [0.1, 0.15) is 0 Å². The monoisotopic (exact) mass is 274 g/mol. The molecule has 0 aromatic rings. The Labute approximate surface area is 117 Å². The third-order valence-corrected chi connectivity index (χ3v) is 4.52. The molecule has 1 heterocycles. The van der Waals surface area contributed by atoms with Gasteiger partial charge in [-0.25, -0.2) is 0 Å². The van der Waals surface area contributed by atoms with Crippen molar-refractivity contribution < 1.29 is 4.79 Å². The van der Waals surface area contributed by atoms with Gasteiger partial charge in [0.2, 0.25) is 5.91 Å². The number of piperidine rings is 1. The maximum absolute atomic E-state index is 12.2. The van der Waals surface area contributed by atoms with Gasteiger partial charge in [-0.1, -0.05) is 13.3 Å². The highest BCUT2D eigenvalue weighted by Gasteiger charge is 2.27. The van der Waals surface area contributed by atoms with Crippen LogP contribution in [-0.2, 0) is 4.79 Å². The molecule has 0 bridgehead atoms. The normalized spacial score (nSPS) is 28.8. The van der Waals surface area contributed by atoms with Crippen LogP contribution >= 0.6 is 12.4 Å². The van der Waals surface area contributed by atoms with Gasteiger partial charge in [-0.15, -0.1) is 12.4 Å². The van der Waals surface area contributed by atoms with E-state index >= 15 is 0 Å². The second kappa shape index (κ2) is 7.34. The second-order valence-electron chi connectivity index (χ2n) is 5.97. The molecule has 0 radical (unpaired) electrons. The summed E-state index contributed by atoms with van der Waals surface area (Å²) in [4.78, 5) is 14.2. The number of amides is 1. The second-order valence-corrected chi connectivity index (χ2v) is 5.97. The van der Waals surface area contributed by atoms with Crippen molar-refractivity contribution in [2.24, 2.45) is 11.8 Å². The highest BCUT2D eigenvalue weighted by molar-refractivity contribution is 5.85. The van der Waals surface area contributed by atoms with Crippen molar-refractivity contribution in [1.29, 1.82) is 0 Å². The quantitative estimate of drug-likeness (QED) is 0.857. The van der Waals surface area contributed by atoms with Crippen molar-refractivity contribution in [3.05, 3.63) is 0 Å². The van der Waals surface area contributed by atoms with Crippen LogP contribution in [0.2, 0.25) is 0 Å². The summed E-state index contributed by atoms with van der Waals surface area (Å²) in [5.74, 6) is 1.86. The molecule has 1 aliphatic heterocycles. The number of carbonyl (C=O) groups excluding carboxylic acids is 1. The summed E-state index contributed by atoms with van der Waals surface area (Å²) in [6.07, 6.45) is 6.84. The Balaban J connectivity index is 0.00000162. The first-order chi connectivity index (χ1) is 8.16. The Morgan fingerprint density at radius 1 is 1.22 bits per heavy atom. The molecule has 0 spiro atoms. The van der Waals surface area contributed by atoms with Crippen LogP contribution in [0.5, 0.6) is 0 Å². The van der Waals surface area contributed by atoms with Crippen LogP contribution in [0, 0.1) is 11.8 Å². The first-order valence-corrected chi connectivity index (χ1v) is 7.13. The molecule has 1 saturated carbocycles. The molecular weight excluding hydrogens is 248 g/mol. The van der Waals surface area contributed by atoms with E-state index in [1.165, 1.54) is 19.3 Å². The van der Waals surface area contributed by atoms with Gasteiger partial charge in [0.15, 0.2) is 0 Å². The molecule has 3 nitrogen and oxygen atoms in total. The first-order valence-electron chi connectivity index (χ1n) is 7.13. The maximum Gasteiger partial charge on any atom is 0.222 e. The van der Waals surface area contributed by atoms with E-state index in [0.29, 0.717) is 17.9 Å². The summed E-state index contributed by atoms with van der Waals surface area (Å²) in [5, 5.41) is 3.35. The Hall–Kier alpha value is -0.280. The van der Waals surface area contributed by atoms with Gasteiger partial charge >= 0.3 is 0 Å². The van der Waals surface area contributed by atoms with Crippen LogP contribution in [0.4, 0.5) is 0 Å². The van der Waals surface area contributed by atoms with E-state index in [9.17, 15) is 4.79 Å². The average Bonchev–Trinajstić information content (AvgIpc) is 2.75. The fourth-order valence-corrected chi connectivity index (χ4v) is 3.30. The zero-order valence-electron chi connectivity index (χ0n) is 11.7. The summed E-state index contributed by atoms with van der Waals surface area (Å²) in [6, 6.07) is 0.475. The summed E-state index contributed by atoms with van der Waals surface area (Å²) in [5.41, 5.74) is 0. The highest BCUT2D eigenvalue weighted by atomic mass is 35.5. The molecule has 2 rings (SSSR count). The number of carbonyl (C=O) groups is 1. The minimum absolute atomic E-state index is 0. The molecule has 2 fully saturated rings. The van der Waals surface area contributed by atoms with Crippen molar-refractivity contribution in [2.45, 2.75) is 51.5 Å². The van der Waals surface area contributed by atoms with Gasteiger partial charge in [0.25, 0.3) is 0 Å². The van der Waals surface area contributed by atoms with E-state index in [2.05, 4.69) is 12.2 Å². The van der Waals surface area contributed by atoms with Gasteiger partial charge < -0.3 is 10.2 Å².